The number of rotatable bonds is 11. The first-order valence-electron chi connectivity index (χ1n) is 15.7. The lowest BCUT2D eigenvalue weighted by molar-refractivity contribution is -0.383. The second-order valence-corrected chi connectivity index (χ2v) is 13.2. The van der Waals surface area contributed by atoms with Gasteiger partial charge in [-0.15, -0.1) is 0 Å². The number of hydrogen-bond donors (Lipinski definition) is 2. The average molecular weight is 577 g/mol. The molecule has 2 amide bonds. The van der Waals surface area contributed by atoms with Crippen LogP contribution in [0, 0.1) is 29.6 Å². The van der Waals surface area contributed by atoms with Crippen molar-refractivity contribution in [1.82, 2.24) is 10.6 Å². The van der Waals surface area contributed by atoms with Gasteiger partial charge in [0.2, 0.25) is 18.0 Å². The standard InChI is InChI=1S/C34H44N2O6/c1-22(2)15-30(36-33(38)39-21-24-11-7-4-8-12-24)31(37)35-29(14-13-23-9-5-3-6-10-23)32-40-34(42-41-32)27-17-25-16-26(19-27)20-28(34)18-25/h3-12,22,25-30,32H,13-21H2,1-2H3,(H,35,37)(H,36,38)/t25?,26?,27?,28?,29-,30-,32?,34?/m0/s1. The molecule has 4 aliphatic carbocycles. The predicted octanol–water partition coefficient (Wildman–Crippen LogP) is 5.90. The van der Waals surface area contributed by atoms with E-state index in [-0.39, 0.29) is 18.4 Å². The smallest absolute Gasteiger partial charge is 0.408 e. The Kier molecular flexibility index (Phi) is 8.84. The fraction of sp³-hybridized carbons (Fsp3) is 0.588. The predicted molar refractivity (Wildman–Crippen MR) is 157 cm³/mol. The van der Waals surface area contributed by atoms with Crippen LogP contribution in [0.3, 0.4) is 0 Å². The molecule has 5 aliphatic rings. The van der Waals surface area contributed by atoms with E-state index in [0.29, 0.717) is 24.7 Å². The number of benzene rings is 2. The average Bonchev–Trinajstić information content (AvgIpc) is 3.43. The molecule has 4 saturated carbocycles. The van der Waals surface area contributed by atoms with Crippen LogP contribution in [0.5, 0.6) is 0 Å². The van der Waals surface area contributed by atoms with Crippen molar-refractivity contribution < 1.29 is 28.8 Å². The highest BCUT2D eigenvalue weighted by Gasteiger charge is 2.64. The first kappa shape index (κ1) is 29.1. The molecule has 42 heavy (non-hydrogen) atoms. The van der Waals surface area contributed by atoms with Crippen LogP contribution in [0.25, 0.3) is 0 Å². The van der Waals surface area contributed by atoms with Crippen LogP contribution in [0.2, 0.25) is 0 Å². The molecule has 5 fully saturated rings. The number of ether oxygens (including phenoxy) is 2. The van der Waals surface area contributed by atoms with E-state index >= 15 is 0 Å². The highest BCUT2D eigenvalue weighted by molar-refractivity contribution is 5.85. The van der Waals surface area contributed by atoms with E-state index in [1.807, 2.05) is 62.4 Å². The number of carbonyl (C=O) groups excluding carboxylic acids is 2. The van der Waals surface area contributed by atoms with Crippen molar-refractivity contribution in [3.05, 3.63) is 71.8 Å². The highest BCUT2D eigenvalue weighted by Crippen LogP contribution is 2.61. The first-order valence-corrected chi connectivity index (χ1v) is 15.7. The molecule has 8 heteroatoms. The van der Waals surface area contributed by atoms with Gasteiger partial charge in [0, 0.05) is 11.8 Å². The van der Waals surface area contributed by atoms with Crippen LogP contribution < -0.4 is 10.6 Å². The normalized spacial score (nSPS) is 30.8. The van der Waals surface area contributed by atoms with Gasteiger partial charge in [0.25, 0.3) is 0 Å². The second kappa shape index (κ2) is 12.7. The van der Waals surface area contributed by atoms with Crippen molar-refractivity contribution in [3.63, 3.8) is 0 Å². The maximum absolute atomic E-state index is 13.7. The van der Waals surface area contributed by atoms with Crippen molar-refractivity contribution in [2.45, 2.75) is 96.0 Å². The molecular weight excluding hydrogens is 532 g/mol. The topological polar surface area (TPSA) is 95.1 Å². The van der Waals surface area contributed by atoms with Crippen LogP contribution in [0.15, 0.2) is 60.7 Å². The van der Waals surface area contributed by atoms with Gasteiger partial charge in [0.1, 0.15) is 12.6 Å². The lowest BCUT2D eigenvalue weighted by atomic mass is 9.53. The van der Waals surface area contributed by atoms with Gasteiger partial charge in [-0.25, -0.2) is 4.79 Å². The van der Waals surface area contributed by atoms with Crippen molar-refractivity contribution in [1.29, 1.82) is 0 Å². The Morgan fingerprint density at radius 1 is 0.881 bits per heavy atom. The van der Waals surface area contributed by atoms with Gasteiger partial charge in [-0.3, -0.25) is 4.79 Å². The zero-order valence-corrected chi connectivity index (χ0v) is 24.7. The van der Waals surface area contributed by atoms with Gasteiger partial charge >= 0.3 is 6.09 Å². The summed E-state index contributed by atoms with van der Waals surface area (Å²) >= 11 is 0. The lowest BCUT2D eigenvalue weighted by Gasteiger charge is -2.57. The number of nitrogens with one attached hydrogen (secondary N) is 2. The summed E-state index contributed by atoms with van der Waals surface area (Å²) in [7, 11) is 0. The lowest BCUT2D eigenvalue weighted by Crippen LogP contribution is -2.59. The summed E-state index contributed by atoms with van der Waals surface area (Å²) in [5, 5.41) is 5.98. The van der Waals surface area contributed by atoms with Crippen LogP contribution in [-0.2, 0) is 37.1 Å². The molecule has 7 rings (SSSR count). The third kappa shape index (κ3) is 6.51. The van der Waals surface area contributed by atoms with Gasteiger partial charge in [0.15, 0.2) is 0 Å². The molecule has 2 N–H and O–H groups in total. The minimum atomic E-state index is -0.759. The summed E-state index contributed by atoms with van der Waals surface area (Å²) in [5.74, 6) is 1.38. The summed E-state index contributed by atoms with van der Waals surface area (Å²) < 4.78 is 12.2. The van der Waals surface area contributed by atoms with Crippen molar-refractivity contribution in [3.8, 4) is 0 Å². The van der Waals surface area contributed by atoms with Gasteiger partial charge in [-0.1, -0.05) is 74.5 Å². The zero-order chi connectivity index (χ0) is 29.1. The molecule has 1 spiro atoms. The molecule has 0 radical (unpaired) electrons. The van der Waals surface area contributed by atoms with E-state index in [4.69, 9.17) is 19.2 Å². The van der Waals surface area contributed by atoms with Gasteiger partial charge < -0.3 is 20.1 Å². The van der Waals surface area contributed by atoms with E-state index in [2.05, 4.69) is 22.8 Å². The molecule has 0 aromatic heterocycles. The molecule has 1 aliphatic heterocycles. The third-order valence-electron chi connectivity index (χ3n) is 9.62. The quantitative estimate of drug-likeness (QED) is 0.324. The Morgan fingerprint density at radius 2 is 1.50 bits per heavy atom. The Balaban J connectivity index is 1.14. The monoisotopic (exact) mass is 576 g/mol. The summed E-state index contributed by atoms with van der Waals surface area (Å²) in [6.07, 6.45) is 6.28. The van der Waals surface area contributed by atoms with Crippen LogP contribution in [0.4, 0.5) is 4.79 Å². The summed E-state index contributed by atoms with van der Waals surface area (Å²) in [6, 6.07) is 18.5. The number of carbonyl (C=O) groups is 2. The van der Waals surface area contributed by atoms with Crippen molar-refractivity contribution >= 4 is 12.0 Å². The van der Waals surface area contributed by atoms with Crippen molar-refractivity contribution in [2.24, 2.45) is 29.6 Å². The molecule has 2 aromatic rings. The maximum Gasteiger partial charge on any atom is 0.408 e. The molecule has 4 bridgehead atoms. The third-order valence-corrected chi connectivity index (χ3v) is 9.62. The van der Waals surface area contributed by atoms with Crippen LogP contribution >= 0.6 is 0 Å². The minimum Gasteiger partial charge on any atom is -0.445 e. The largest absolute Gasteiger partial charge is 0.445 e. The number of aryl methyl sites for hydroxylation is 1. The highest BCUT2D eigenvalue weighted by atomic mass is 17.3. The number of amides is 2. The molecule has 226 valence electrons. The maximum atomic E-state index is 13.7. The van der Waals surface area contributed by atoms with E-state index in [1.165, 1.54) is 12.0 Å². The Morgan fingerprint density at radius 3 is 2.12 bits per heavy atom. The molecular formula is C34H44N2O6. The first-order chi connectivity index (χ1) is 20.4. The van der Waals surface area contributed by atoms with Gasteiger partial charge in [-0.05, 0) is 80.2 Å². The molecule has 1 saturated heterocycles. The van der Waals surface area contributed by atoms with Crippen LogP contribution in [0.1, 0.15) is 69.9 Å². The molecule has 3 atom stereocenters. The van der Waals surface area contributed by atoms with E-state index in [0.717, 1.165) is 49.5 Å². The van der Waals surface area contributed by atoms with Crippen molar-refractivity contribution in [2.75, 3.05) is 0 Å². The fourth-order valence-electron chi connectivity index (χ4n) is 7.80. The molecule has 2 aromatic carbocycles. The second-order valence-electron chi connectivity index (χ2n) is 13.2. The fourth-order valence-corrected chi connectivity index (χ4v) is 7.80. The Bertz CT molecular complexity index is 1180. The molecule has 1 unspecified atom stereocenters. The zero-order valence-electron chi connectivity index (χ0n) is 24.7. The van der Waals surface area contributed by atoms with Crippen LogP contribution in [-0.4, -0.2) is 36.2 Å². The molecule has 1 heterocycles. The van der Waals surface area contributed by atoms with E-state index in [9.17, 15) is 9.59 Å². The van der Waals surface area contributed by atoms with Gasteiger partial charge in [-0.2, -0.15) is 9.78 Å². The Labute approximate surface area is 248 Å². The minimum absolute atomic E-state index is 0.135. The van der Waals surface area contributed by atoms with E-state index in [1.54, 1.807) is 0 Å². The Hall–Kier alpha value is -2.94. The summed E-state index contributed by atoms with van der Waals surface area (Å²) in [5.41, 5.74) is 2.05. The summed E-state index contributed by atoms with van der Waals surface area (Å²) in [6.45, 7) is 4.18. The number of alkyl carbamates (subject to hydrolysis) is 1. The molecule has 8 nitrogen and oxygen atoms in total. The van der Waals surface area contributed by atoms with Gasteiger partial charge in [0.05, 0.1) is 6.04 Å². The number of hydrogen-bond acceptors (Lipinski definition) is 6. The van der Waals surface area contributed by atoms with E-state index < -0.39 is 30.3 Å². The SMILES string of the molecule is CC(C)C[C@H](NC(=O)OCc1ccccc1)C(=O)N[C@@H](CCc1ccccc1)C1OOC2(O1)C1CC3CC(C1)CC2C3. The summed E-state index contributed by atoms with van der Waals surface area (Å²) in [4.78, 5) is 38.6.